The Kier molecular flexibility index (Phi) is 4.26. The largest absolute Gasteiger partial charge is 0.545 e. The highest BCUT2D eigenvalue weighted by Crippen LogP contribution is 2.23. The average molecular weight is 355 g/mol. The van der Waals surface area contributed by atoms with Crippen LogP contribution in [-0.4, -0.2) is 30.6 Å². The van der Waals surface area contributed by atoms with E-state index >= 15 is 0 Å². The van der Waals surface area contributed by atoms with Gasteiger partial charge >= 0.3 is 0 Å². The molecule has 0 unspecified atom stereocenters. The molecule has 0 saturated heterocycles. The molecule has 2 aromatic heterocycles. The number of hydrogen-bond acceptors (Lipinski definition) is 6. The molecular formula is C18H15N2O4S-. The zero-order chi connectivity index (χ0) is 18.2. The topological polar surface area (TPSA) is 100 Å². The lowest BCUT2D eigenvalue weighted by Gasteiger charge is -2.11. The second-order valence-electron chi connectivity index (χ2n) is 5.92. The molecule has 128 valence electrons. The number of aromatic nitrogens is 2. The van der Waals surface area contributed by atoms with Gasteiger partial charge in [-0.25, -0.2) is 13.4 Å². The maximum atomic E-state index is 12.1. The third-order valence-corrected chi connectivity index (χ3v) is 4.84. The highest BCUT2D eigenvalue weighted by molar-refractivity contribution is 7.90. The van der Waals surface area contributed by atoms with Gasteiger partial charge in [0.05, 0.1) is 11.5 Å². The molecule has 1 aromatic carbocycles. The van der Waals surface area contributed by atoms with E-state index in [0.717, 1.165) is 17.2 Å². The Morgan fingerprint density at radius 1 is 1.16 bits per heavy atom. The molecule has 0 aliphatic rings. The number of nitrogens with zero attached hydrogens (tertiary/aromatic N) is 2. The van der Waals surface area contributed by atoms with Crippen LogP contribution in [0, 0.1) is 6.92 Å². The summed E-state index contributed by atoms with van der Waals surface area (Å²) >= 11 is 0. The van der Waals surface area contributed by atoms with Crippen molar-refractivity contribution in [2.45, 2.75) is 18.4 Å². The number of carbonyl (C=O) groups excluding carboxylic acids is 1. The lowest BCUT2D eigenvalue weighted by molar-refractivity contribution is -0.255. The summed E-state index contributed by atoms with van der Waals surface area (Å²) in [7, 11) is -3.55. The fourth-order valence-electron chi connectivity index (χ4n) is 2.67. The summed E-state index contributed by atoms with van der Waals surface area (Å²) in [5, 5.41) is 11.8. The Bertz CT molecular complexity index is 1090. The van der Waals surface area contributed by atoms with Gasteiger partial charge in [0.2, 0.25) is 0 Å². The van der Waals surface area contributed by atoms with Gasteiger partial charge in [-0.2, -0.15) is 0 Å². The predicted molar refractivity (Wildman–Crippen MR) is 91.0 cm³/mol. The highest BCUT2D eigenvalue weighted by Gasteiger charge is 2.17. The van der Waals surface area contributed by atoms with E-state index in [1.54, 1.807) is 12.1 Å². The van der Waals surface area contributed by atoms with Gasteiger partial charge in [0.1, 0.15) is 0 Å². The maximum Gasteiger partial charge on any atom is 0.193 e. The number of carboxylic acid groups (broad SMARTS) is 1. The summed E-state index contributed by atoms with van der Waals surface area (Å²) < 4.78 is 24.3. The Balaban J connectivity index is 2.16. The number of pyridine rings is 2. The van der Waals surface area contributed by atoms with Crippen LogP contribution in [0.15, 0.2) is 47.6 Å². The minimum absolute atomic E-state index is 0.00417. The summed E-state index contributed by atoms with van der Waals surface area (Å²) in [6, 6.07) is 10.0. The molecule has 0 spiro atoms. The van der Waals surface area contributed by atoms with Gasteiger partial charge < -0.3 is 9.90 Å². The van der Waals surface area contributed by atoms with Crippen LogP contribution in [0.3, 0.4) is 0 Å². The van der Waals surface area contributed by atoms with Crippen molar-refractivity contribution in [2.24, 2.45) is 0 Å². The molecule has 7 heteroatoms. The van der Waals surface area contributed by atoms with Gasteiger partial charge in [-0.3, -0.25) is 4.98 Å². The third kappa shape index (κ3) is 3.66. The lowest BCUT2D eigenvalue weighted by Crippen LogP contribution is -2.22. The summed E-state index contributed by atoms with van der Waals surface area (Å²) in [6.45, 7) is 1.94. The van der Waals surface area contributed by atoms with Crippen molar-refractivity contribution in [2.75, 3.05) is 6.26 Å². The number of rotatable bonds is 4. The Hall–Kier alpha value is -2.80. The minimum Gasteiger partial charge on any atom is -0.545 e. The molecule has 0 aliphatic carbocycles. The van der Waals surface area contributed by atoms with Crippen molar-refractivity contribution in [3.8, 4) is 0 Å². The number of fused-ring (bicyclic) bond motifs is 1. The van der Waals surface area contributed by atoms with E-state index in [1.165, 1.54) is 18.3 Å². The first-order chi connectivity index (χ1) is 11.7. The second-order valence-corrected chi connectivity index (χ2v) is 7.85. The molecule has 0 aliphatic heterocycles. The van der Waals surface area contributed by atoms with Crippen molar-refractivity contribution in [1.29, 1.82) is 0 Å². The van der Waals surface area contributed by atoms with Crippen molar-refractivity contribution in [1.82, 2.24) is 9.97 Å². The zero-order valence-corrected chi connectivity index (χ0v) is 14.5. The number of aromatic carboxylic acids is 1. The first-order valence-electron chi connectivity index (χ1n) is 7.50. The summed E-state index contributed by atoms with van der Waals surface area (Å²) in [5.41, 5.74) is 2.52. The molecule has 0 fully saturated rings. The Morgan fingerprint density at radius 2 is 1.92 bits per heavy atom. The molecule has 2 heterocycles. The SMILES string of the molecule is Cc1ccc2nc(S(C)(=O)=O)c(Cc3cc(C(=O)[O-])ccn3)cc2c1. The number of sulfone groups is 1. The smallest absolute Gasteiger partial charge is 0.193 e. The van der Waals surface area contributed by atoms with Crippen molar-refractivity contribution in [3.05, 3.63) is 65.0 Å². The Morgan fingerprint density at radius 3 is 2.60 bits per heavy atom. The molecule has 3 rings (SSSR count). The summed E-state index contributed by atoms with van der Waals surface area (Å²) in [4.78, 5) is 19.4. The van der Waals surface area contributed by atoms with Crippen molar-refractivity contribution < 1.29 is 18.3 Å². The quantitative estimate of drug-likeness (QED) is 0.699. The van der Waals surface area contributed by atoms with E-state index in [-0.39, 0.29) is 17.0 Å². The normalized spacial score (nSPS) is 11.6. The number of carboxylic acids is 1. The first kappa shape index (κ1) is 17.0. The van der Waals surface area contributed by atoms with Crippen LogP contribution >= 0.6 is 0 Å². The fraction of sp³-hybridized carbons (Fsp3) is 0.167. The van der Waals surface area contributed by atoms with E-state index in [0.29, 0.717) is 16.8 Å². The standard InChI is InChI=1S/C18H16N2O4S/c1-11-3-4-16-13(7-11)8-14(17(20-16)25(2,23)24)10-15-9-12(18(21)22)5-6-19-15/h3-9H,10H2,1-2H3,(H,21,22)/p-1. The van der Waals surface area contributed by atoms with Gasteiger partial charge in [0.15, 0.2) is 14.9 Å². The van der Waals surface area contributed by atoms with E-state index in [9.17, 15) is 18.3 Å². The molecule has 0 bridgehead atoms. The van der Waals surface area contributed by atoms with Crippen molar-refractivity contribution in [3.63, 3.8) is 0 Å². The van der Waals surface area contributed by atoms with Gasteiger partial charge in [0.25, 0.3) is 0 Å². The maximum absolute atomic E-state index is 12.1. The van der Waals surface area contributed by atoms with Crippen LogP contribution < -0.4 is 5.11 Å². The molecule has 3 aromatic rings. The lowest BCUT2D eigenvalue weighted by atomic mass is 10.1. The predicted octanol–water partition coefficient (Wildman–Crippen LogP) is 1.30. The van der Waals surface area contributed by atoms with E-state index in [4.69, 9.17) is 0 Å². The molecule has 0 atom stereocenters. The first-order valence-corrected chi connectivity index (χ1v) is 9.40. The van der Waals surface area contributed by atoms with Gasteiger partial charge in [0, 0.05) is 35.5 Å². The van der Waals surface area contributed by atoms with E-state index in [2.05, 4.69) is 9.97 Å². The fourth-order valence-corrected chi connectivity index (χ4v) is 3.54. The van der Waals surface area contributed by atoms with E-state index in [1.807, 2.05) is 19.1 Å². The third-order valence-electron chi connectivity index (χ3n) is 3.78. The number of carbonyl (C=O) groups is 1. The minimum atomic E-state index is -3.55. The molecule has 0 amide bonds. The molecule has 0 saturated carbocycles. The van der Waals surface area contributed by atoms with Gasteiger partial charge in [-0.15, -0.1) is 0 Å². The molecule has 6 nitrogen and oxygen atoms in total. The molecule has 0 radical (unpaired) electrons. The highest BCUT2D eigenvalue weighted by atomic mass is 32.2. The number of benzene rings is 1. The van der Waals surface area contributed by atoms with Crippen molar-refractivity contribution >= 4 is 26.7 Å². The van der Waals surface area contributed by atoms with Crippen LogP contribution in [0.25, 0.3) is 10.9 Å². The second kappa shape index (κ2) is 6.25. The summed E-state index contributed by atoms with van der Waals surface area (Å²) in [5.74, 6) is -1.31. The van der Waals surface area contributed by atoms with Crippen LogP contribution in [0.5, 0.6) is 0 Å². The average Bonchev–Trinajstić information content (AvgIpc) is 2.53. The van der Waals surface area contributed by atoms with Crippen LogP contribution in [0.1, 0.15) is 27.2 Å². The van der Waals surface area contributed by atoms with Crippen LogP contribution in [-0.2, 0) is 16.3 Å². The molecule has 0 N–H and O–H groups in total. The monoisotopic (exact) mass is 355 g/mol. The van der Waals surface area contributed by atoms with Gasteiger partial charge in [-0.05, 0) is 42.8 Å². The van der Waals surface area contributed by atoms with Gasteiger partial charge in [-0.1, -0.05) is 11.6 Å². The molecule has 25 heavy (non-hydrogen) atoms. The van der Waals surface area contributed by atoms with Crippen LogP contribution in [0.2, 0.25) is 0 Å². The van der Waals surface area contributed by atoms with Crippen LogP contribution in [0.4, 0.5) is 0 Å². The molecular weight excluding hydrogens is 340 g/mol. The van der Waals surface area contributed by atoms with E-state index < -0.39 is 15.8 Å². The number of hydrogen-bond donors (Lipinski definition) is 0. The Labute approximate surface area is 145 Å². The zero-order valence-electron chi connectivity index (χ0n) is 13.7. The summed E-state index contributed by atoms with van der Waals surface area (Å²) in [6.07, 6.45) is 2.61. The number of aryl methyl sites for hydroxylation is 1.